The van der Waals surface area contributed by atoms with Crippen LogP contribution in [0.5, 0.6) is 11.5 Å². The van der Waals surface area contributed by atoms with Gasteiger partial charge in [-0.1, -0.05) is 12.7 Å². The summed E-state index contributed by atoms with van der Waals surface area (Å²) in [6, 6.07) is 2.79. The Morgan fingerprint density at radius 1 is 1.39 bits per heavy atom. The van der Waals surface area contributed by atoms with E-state index in [0.29, 0.717) is 5.75 Å². The maximum Gasteiger partial charge on any atom is 0.326 e. The first-order valence-electron chi connectivity index (χ1n) is 6.79. The van der Waals surface area contributed by atoms with Crippen molar-refractivity contribution in [2.24, 2.45) is 5.41 Å². The second kappa shape index (κ2) is 6.36. The van der Waals surface area contributed by atoms with Crippen molar-refractivity contribution in [1.82, 2.24) is 0 Å². The average Bonchev–Trinajstić information content (AvgIpc) is 2.85. The fourth-order valence-corrected chi connectivity index (χ4v) is 2.67. The Hall–Kier alpha value is -2.44. The maximum absolute atomic E-state index is 13.7. The number of carbonyl (C=O) groups is 2. The van der Waals surface area contributed by atoms with Crippen LogP contribution in [0.4, 0.5) is 8.78 Å². The first-order chi connectivity index (χ1) is 10.9. The summed E-state index contributed by atoms with van der Waals surface area (Å²) in [6.07, 6.45) is -2.47. The predicted octanol–water partition coefficient (Wildman–Crippen LogP) is 2.42. The molecule has 0 spiro atoms. The number of halogens is 2. The minimum atomic E-state index is -3.21. The van der Waals surface area contributed by atoms with Crippen molar-refractivity contribution < 1.29 is 32.6 Å². The van der Waals surface area contributed by atoms with Crippen molar-refractivity contribution in [3.63, 3.8) is 0 Å². The molecule has 124 valence electrons. The fraction of sp³-hybridized carbons (Fsp3) is 0.375. The molecule has 0 aliphatic heterocycles. The normalized spacial score (nSPS) is 19.4. The fourth-order valence-electron chi connectivity index (χ4n) is 2.67. The second-order valence-electron chi connectivity index (χ2n) is 4.99. The van der Waals surface area contributed by atoms with E-state index in [1.807, 2.05) is 0 Å². The molecule has 1 aliphatic rings. The lowest BCUT2D eigenvalue weighted by molar-refractivity contribution is -0.159. The van der Waals surface area contributed by atoms with Gasteiger partial charge in [0.25, 0.3) is 6.43 Å². The van der Waals surface area contributed by atoms with Gasteiger partial charge >= 0.3 is 5.97 Å². The molecular weight excluding hydrogens is 310 g/mol. The van der Waals surface area contributed by atoms with Crippen molar-refractivity contribution in [3.8, 4) is 11.5 Å². The lowest BCUT2D eigenvalue weighted by Crippen LogP contribution is -2.45. The molecule has 0 aromatic heterocycles. The third-order valence-corrected chi connectivity index (χ3v) is 3.82. The molecule has 1 atom stereocenters. The van der Waals surface area contributed by atoms with Crippen LogP contribution >= 0.6 is 0 Å². The van der Waals surface area contributed by atoms with Crippen LogP contribution in [0.25, 0.3) is 0 Å². The van der Waals surface area contributed by atoms with Crippen molar-refractivity contribution in [1.29, 1.82) is 0 Å². The van der Waals surface area contributed by atoms with Gasteiger partial charge in [-0.2, -0.15) is 0 Å². The molecule has 0 N–H and O–H groups in total. The van der Waals surface area contributed by atoms with Crippen molar-refractivity contribution >= 4 is 11.8 Å². The third-order valence-electron chi connectivity index (χ3n) is 3.82. The summed E-state index contributed by atoms with van der Waals surface area (Å²) in [5, 5.41) is 0. The summed E-state index contributed by atoms with van der Waals surface area (Å²) in [5.74, 6) is -1.78. The van der Waals surface area contributed by atoms with Gasteiger partial charge in [0, 0.05) is 17.5 Å². The average molecular weight is 326 g/mol. The first-order valence-corrected chi connectivity index (χ1v) is 6.79. The van der Waals surface area contributed by atoms with Gasteiger partial charge in [0.2, 0.25) is 0 Å². The van der Waals surface area contributed by atoms with Crippen LogP contribution in [0.1, 0.15) is 15.9 Å². The van der Waals surface area contributed by atoms with Gasteiger partial charge < -0.3 is 14.2 Å². The number of hydrogen-bond acceptors (Lipinski definition) is 5. The number of esters is 1. The van der Waals surface area contributed by atoms with Gasteiger partial charge in [-0.25, -0.2) is 8.78 Å². The molecule has 7 heteroatoms. The molecule has 1 unspecified atom stereocenters. The maximum atomic E-state index is 13.7. The third kappa shape index (κ3) is 2.46. The Balaban J connectivity index is 2.55. The Morgan fingerprint density at radius 3 is 2.61 bits per heavy atom. The lowest BCUT2D eigenvalue weighted by atomic mass is 9.84. The number of Topliss-reactive ketones (excluding diaryl/α,β-unsaturated/α-hetero) is 1. The molecule has 0 amide bonds. The van der Waals surface area contributed by atoms with Crippen molar-refractivity contribution in [2.45, 2.75) is 12.8 Å². The zero-order chi connectivity index (χ0) is 17.2. The number of carbonyl (C=O) groups excluding carboxylic acids is 2. The van der Waals surface area contributed by atoms with Crippen LogP contribution in [0.2, 0.25) is 0 Å². The quantitative estimate of drug-likeness (QED) is 0.456. The minimum absolute atomic E-state index is 0.0125. The Labute approximate surface area is 131 Å². The molecule has 0 heterocycles. The van der Waals surface area contributed by atoms with Gasteiger partial charge in [0.15, 0.2) is 22.7 Å². The number of methoxy groups -OCH3 is 2. The molecule has 2 rings (SSSR count). The van der Waals surface area contributed by atoms with Crippen LogP contribution < -0.4 is 9.47 Å². The van der Waals surface area contributed by atoms with Crippen molar-refractivity contribution in [2.75, 3.05) is 20.8 Å². The van der Waals surface area contributed by atoms with Gasteiger partial charge in [0.05, 0.1) is 14.2 Å². The van der Waals surface area contributed by atoms with E-state index in [0.717, 1.165) is 0 Å². The summed E-state index contributed by atoms with van der Waals surface area (Å²) in [7, 11) is 2.72. The molecule has 0 radical (unpaired) electrons. The second-order valence-corrected chi connectivity index (χ2v) is 4.99. The first kappa shape index (κ1) is 16.9. The number of fused-ring (bicyclic) bond motifs is 1. The number of ketones is 1. The molecule has 1 aromatic carbocycles. The van der Waals surface area contributed by atoms with Gasteiger partial charge in [0.1, 0.15) is 6.61 Å². The van der Waals surface area contributed by atoms with Crippen LogP contribution in [0.15, 0.2) is 24.8 Å². The zero-order valence-electron chi connectivity index (χ0n) is 12.7. The molecular formula is C16H16F2O5. The van der Waals surface area contributed by atoms with E-state index >= 15 is 0 Å². The standard InChI is InChI=1S/C16H16F2O5/c1-4-7-23-15(20)16(14(17)18)8-10-9(13(16)19)5-6-11(21-2)12(10)22-3/h4-6,14H,1,7-8H2,2-3H3. The summed E-state index contributed by atoms with van der Waals surface area (Å²) in [5.41, 5.74) is -2.34. The van der Waals surface area contributed by atoms with E-state index in [9.17, 15) is 18.4 Å². The zero-order valence-corrected chi connectivity index (χ0v) is 12.7. The monoisotopic (exact) mass is 326 g/mol. The number of benzene rings is 1. The summed E-state index contributed by atoms with van der Waals surface area (Å²) in [4.78, 5) is 24.7. The number of hydrogen-bond donors (Lipinski definition) is 0. The Morgan fingerprint density at radius 2 is 2.09 bits per heavy atom. The van der Waals surface area contributed by atoms with Crippen LogP contribution in [0, 0.1) is 5.41 Å². The van der Waals surface area contributed by atoms with Crippen LogP contribution in [-0.4, -0.2) is 39.0 Å². The topological polar surface area (TPSA) is 61.8 Å². The SMILES string of the molecule is C=CCOC(=O)C1(C(F)F)Cc2c(ccc(OC)c2OC)C1=O. The smallest absolute Gasteiger partial charge is 0.326 e. The highest BCUT2D eigenvalue weighted by molar-refractivity contribution is 6.17. The highest BCUT2D eigenvalue weighted by Gasteiger charge is 2.60. The molecule has 1 aromatic rings. The van der Waals surface area contributed by atoms with Crippen LogP contribution in [-0.2, 0) is 16.0 Å². The van der Waals surface area contributed by atoms with Gasteiger partial charge in [-0.3, -0.25) is 9.59 Å². The summed E-state index contributed by atoms with van der Waals surface area (Å²) in [6.45, 7) is 3.10. The Kier molecular flexibility index (Phi) is 4.68. The minimum Gasteiger partial charge on any atom is -0.493 e. The van der Waals surface area contributed by atoms with E-state index in [1.54, 1.807) is 0 Å². The van der Waals surface area contributed by atoms with E-state index in [-0.39, 0.29) is 23.5 Å². The number of ether oxygens (including phenoxy) is 3. The predicted molar refractivity (Wildman–Crippen MR) is 77.2 cm³/mol. The number of rotatable bonds is 6. The number of alkyl halides is 2. The molecule has 0 bridgehead atoms. The Bertz CT molecular complexity index is 656. The molecule has 0 saturated carbocycles. The van der Waals surface area contributed by atoms with E-state index < -0.39 is 30.0 Å². The summed E-state index contributed by atoms with van der Waals surface area (Å²) >= 11 is 0. The van der Waals surface area contributed by atoms with E-state index in [1.165, 1.54) is 32.4 Å². The summed E-state index contributed by atoms with van der Waals surface area (Å²) < 4.78 is 42.4. The highest BCUT2D eigenvalue weighted by atomic mass is 19.3. The molecule has 23 heavy (non-hydrogen) atoms. The molecule has 0 fully saturated rings. The molecule has 0 saturated heterocycles. The molecule has 5 nitrogen and oxygen atoms in total. The lowest BCUT2D eigenvalue weighted by Gasteiger charge is -2.23. The van der Waals surface area contributed by atoms with Crippen LogP contribution in [0.3, 0.4) is 0 Å². The molecule has 1 aliphatic carbocycles. The van der Waals surface area contributed by atoms with Crippen molar-refractivity contribution in [3.05, 3.63) is 35.9 Å². The van der Waals surface area contributed by atoms with E-state index in [2.05, 4.69) is 6.58 Å². The van der Waals surface area contributed by atoms with Gasteiger partial charge in [-0.05, 0) is 12.1 Å². The van der Waals surface area contributed by atoms with Gasteiger partial charge in [-0.15, -0.1) is 0 Å². The highest BCUT2D eigenvalue weighted by Crippen LogP contribution is 2.48. The van der Waals surface area contributed by atoms with E-state index in [4.69, 9.17) is 14.2 Å². The largest absolute Gasteiger partial charge is 0.493 e.